The van der Waals surface area contributed by atoms with E-state index in [0.29, 0.717) is 6.04 Å². The number of amides is 1. The van der Waals surface area contributed by atoms with E-state index in [0.717, 1.165) is 32.1 Å². The second kappa shape index (κ2) is 11.1. The molecule has 0 aliphatic heterocycles. The lowest BCUT2D eigenvalue weighted by Crippen LogP contribution is -2.39. The van der Waals surface area contributed by atoms with Crippen LogP contribution in [0.1, 0.15) is 72.1 Å². The summed E-state index contributed by atoms with van der Waals surface area (Å²) in [6.07, 6.45) is 9.05. The summed E-state index contributed by atoms with van der Waals surface area (Å²) in [7, 11) is 0. The van der Waals surface area contributed by atoms with Crippen molar-refractivity contribution in [3.8, 4) is 0 Å². The van der Waals surface area contributed by atoms with Crippen LogP contribution in [0.5, 0.6) is 0 Å². The smallest absolute Gasteiger partial charge is 0.233 e. The van der Waals surface area contributed by atoms with Gasteiger partial charge in [0, 0.05) is 6.04 Å². The zero-order valence-corrected chi connectivity index (χ0v) is 13.2. The van der Waals surface area contributed by atoms with E-state index in [1.165, 1.54) is 19.3 Å². The maximum atomic E-state index is 11.9. The summed E-state index contributed by atoms with van der Waals surface area (Å²) in [6.45, 7) is 6.50. The number of hydrogen-bond donors (Lipinski definition) is 1. The van der Waals surface area contributed by atoms with Gasteiger partial charge in [-0.1, -0.05) is 68.8 Å². The number of rotatable bonds is 10. The summed E-state index contributed by atoms with van der Waals surface area (Å²) in [4.78, 5) is 11.9. The molecule has 0 aliphatic rings. The molecule has 0 fully saturated rings. The van der Waals surface area contributed by atoms with E-state index in [1.54, 1.807) is 0 Å². The van der Waals surface area contributed by atoms with Crippen LogP contribution in [0.4, 0.5) is 0 Å². The maximum absolute atomic E-state index is 11.9. The highest BCUT2D eigenvalue weighted by Gasteiger charge is 2.17. The van der Waals surface area contributed by atoms with E-state index in [1.807, 2.05) is 0 Å². The highest BCUT2D eigenvalue weighted by molar-refractivity contribution is 9.10. The second-order valence-corrected chi connectivity index (χ2v) is 5.82. The summed E-state index contributed by atoms with van der Waals surface area (Å²) in [5, 5.41) is 3.15. The Balaban J connectivity index is 3.87. The van der Waals surface area contributed by atoms with Crippen molar-refractivity contribution in [3.05, 3.63) is 0 Å². The van der Waals surface area contributed by atoms with Crippen LogP contribution in [-0.2, 0) is 4.79 Å². The van der Waals surface area contributed by atoms with Gasteiger partial charge in [0.05, 0.1) is 4.83 Å². The predicted octanol–water partition coefficient (Wildman–Crippen LogP) is 4.42. The van der Waals surface area contributed by atoms with Crippen molar-refractivity contribution >= 4 is 21.8 Å². The molecule has 2 atom stereocenters. The van der Waals surface area contributed by atoms with Gasteiger partial charge in [0.2, 0.25) is 5.91 Å². The van der Waals surface area contributed by atoms with Crippen LogP contribution in [0.3, 0.4) is 0 Å². The molecule has 17 heavy (non-hydrogen) atoms. The fourth-order valence-corrected chi connectivity index (χ4v) is 2.28. The molecule has 0 heterocycles. The largest absolute Gasteiger partial charge is 0.352 e. The predicted molar refractivity (Wildman–Crippen MR) is 78.6 cm³/mol. The molecule has 0 aromatic rings. The molecule has 0 saturated carbocycles. The third kappa shape index (κ3) is 8.64. The standard InChI is InChI=1S/C14H28BrNO/c1-4-7-9-10-12(6-3)16-14(17)13(15)11-8-5-2/h12-13H,4-11H2,1-3H3,(H,16,17). The van der Waals surface area contributed by atoms with Gasteiger partial charge in [0.25, 0.3) is 0 Å². The molecule has 0 rings (SSSR count). The lowest BCUT2D eigenvalue weighted by molar-refractivity contribution is -0.121. The molecular weight excluding hydrogens is 278 g/mol. The minimum absolute atomic E-state index is 0.0114. The molecule has 0 aromatic heterocycles. The van der Waals surface area contributed by atoms with Gasteiger partial charge in [-0.3, -0.25) is 4.79 Å². The molecule has 1 amide bonds. The van der Waals surface area contributed by atoms with Crippen molar-refractivity contribution < 1.29 is 4.79 Å². The number of unbranched alkanes of at least 4 members (excludes halogenated alkanes) is 3. The molecule has 0 aromatic carbocycles. The summed E-state index contributed by atoms with van der Waals surface area (Å²) >= 11 is 3.47. The summed E-state index contributed by atoms with van der Waals surface area (Å²) in [5.41, 5.74) is 0. The van der Waals surface area contributed by atoms with Crippen LogP contribution in [0, 0.1) is 0 Å². The Bertz CT molecular complexity index is 197. The first-order valence-corrected chi connectivity index (χ1v) is 8.01. The normalized spacial score (nSPS) is 14.4. The van der Waals surface area contributed by atoms with Gasteiger partial charge in [-0.2, -0.15) is 0 Å². The molecule has 0 bridgehead atoms. The highest BCUT2D eigenvalue weighted by atomic mass is 79.9. The van der Waals surface area contributed by atoms with Crippen LogP contribution in [-0.4, -0.2) is 16.8 Å². The second-order valence-electron chi connectivity index (χ2n) is 4.72. The van der Waals surface area contributed by atoms with Gasteiger partial charge < -0.3 is 5.32 Å². The average Bonchev–Trinajstić information content (AvgIpc) is 2.34. The zero-order chi connectivity index (χ0) is 13.1. The summed E-state index contributed by atoms with van der Waals surface area (Å²) < 4.78 is 0. The van der Waals surface area contributed by atoms with Gasteiger partial charge in [-0.15, -0.1) is 0 Å². The summed E-state index contributed by atoms with van der Waals surface area (Å²) in [6, 6.07) is 0.357. The zero-order valence-electron chi connectivity index (χ0n) is 11.6. The van der Waals surface area contributed by atoms with E-state index < -0.39 is 0 Å². The Labute approximate surface area is 115 Å². The fourth-order valence-electron chi connectivity index (χ4n) is 1.83. The van der Waals surface area contributed by atoms with E-state index in [-0.39, 0.29) is 10.7 Å². The van der Waals surface area contributed by atoms with Crippen LogP contribution in [0.2, 0.25) is 0 Å². The van der Waals surface area contributed by atoms with Crippen molar-refractivity contribution in [2.24, 2.45) is 0 Å². The molecule has 0 radical (unpaired) electrons. The lowest BCUT2D eigenvalue weighted by Gasteiger charge is -2.19. The fraction of sp³-hybridized carbons (Fsp3) is 0.929. The SMILES string of the molecule is CCCCCC(CC)NC(=O)C(Br)CCCC. The quantitative estimate of drug-likeness (QED) is 0.470. The molecule has 0 aliphatic carbocycles. The van der Waals surface area contributed by atoms with Gasteiger partial charge >= 0.3 is 0 Å². The Morgan fingerprint density at radius 3 is 2.24 bits per heavy atom. The van der Waals surface area contributed by atoms with E-state index in [2.05, 4.69) is 42.0 Å². The van der Waals surface area contributed by atoms with Crippen molar-refractivity contribution in [1.82, 2.24) is 5.32 Å². The number of carbonyl (C=O) groups excluding carboxylic acids is 1. The van der Waals surface area contributed by atoms with E-state index in [4.69, 9.17) is 0 Å². The molecule has 2 unspecified atom stereocenters. The summed E-state index contributed by atoms with van der Waals surface area (Å²) in [5.74, 6) is 0.168. The molecule has 102 valence electrons. The van der Waals surface area contributed by atoms with Crippen molar-refractivity contribution in [3.63, 3.8) is 0 Å². The number of carbonyl (C=O) groups is 1. The first kappa shape index (κ1) is 16.9. The van der Waals surface area contributed by atoms with Gasteiger partial charge in [0.1, 0.15) is 0 Å². The Hall–Kier alpha value is -0.0500. The number of nitrogens with one attached hydrogen (secondary N) is 1. The van der Waals surface area contributed by atoms with Crippen LogP contribution >= 0.6 is 15.9 Å². The monoisotopic (exact) mass is 305 g/mol. The topological polar surface area (TPSA) is 29.1 Å². The number of halogens is 1. The minimum atomic E-state index is -0.0114. The maximum Gasteiger partial charge on any atom is 0.233 e. The average molecular weight is 306 g/mol. The first-order valence-electron chi connectivity index (χ1n) is 7.10. The van der Waals surface area contributed by atoms with Crippen molar-refractivity contribution in [1.29, 1.82) is 0 Å². The molecule has 1 N–H and O–H groups in total. The molecule has 0 saturated heterocycles. The third-order valence-corrected chi connectivity index (χ3v) is 3.96. The Morgan fingerprint density at radius 1 is 1.06 bits per heavy atom. The number of alkyl halides is 1. The van der Waals surface area contributed by atoms with Crippen LogP contribution in [0.25, 0.3) is 0 Å². The van der Waals surface area contributed by atoms with Crippen molar-refractivity contribution in [2.45, 2.75) is 83.0 Å². The minimum Gasteiger partial charge on any atom is -0.352 e. The van der Waals surface area contributed by atoms with Gasteiger partial charge in [-0.25, -0.2) is 0 Å². The van der Waals surface area contributed by atoms with Crippen LogP contribution in [0.15, 0.2) is 0 Å². The Morgan fingerprint density at radius 2 is 1.71 bits per heavy atom. The highest BCUT2D eigenvalue weighted by Crippen LogP contribution is 2.12. The Kier molecular flexibility index (Phi) is 11.0. The number of hydrogen-bond acceptors (Lipinski definition) is 1. The van der Waals surface area contributed by atoms with E-state index >= 15 is 0 Å². The lowest BCUT2D eigenvalue weighted by atomic mass is 10.1. The third-order valence-electron chi connectivity index (χ3n) is 3.09. The van der Waals surface area contributed by atoms with E-state index in [9.17, 15) is 4.79 Å². The molecular formula is C14H28BrNO. The van der Waals surface area contributed by atoms with Gasteiger partial charge in [-0.05, 0) is 19.3 Å². The van der Waals surface area contributed by atoms with Crippen molar-refractivity contribution in [2.75, 3.05) is 0 Å². The first-order chi connectivity index (χ1) is 8.15. The molecule has 3 heteroatoms. The van der Waals surface area contributed by atoms with Gasteiger partial charge in [0.15, 0.2) is 0 Å². The molecule has 2 nitrogen and oxygen atoms in total. The molecule has 0 spiro atoms. The van der Waals surface area contributed by atoms with Crippen LogP contribution < -0.4 is 5.32 Å².